The average Bonchev–Trinajstić information content (AvgIpc) is 2.73. The van der Waals surface area contributed by atoms with Crippen molar-refractivity contribution in [1.29, 1.82) is 0 Å². The van der Waals surface area contributed by atoms with Gasteiger partial charge in [-0.2, -0.15) is 0 Å². The summed E-state index contributed by atoms with van der Waals surface area (Å²) in [4.78, 5) is 27.4. The molecule has 4 nitrogen and oxygen atoms in total. The van der Waals surface area contributed by atoms with Crippen LogP contribution in [0.5, 0.6) is 0 Å². The van der Waals surface area contributed by atoms with Crippen molar-refractivity contribution >= 4 is 46.8 Å². The number of nitrogens with one attached hydrogen (secondary N) is 1. The molecule has 0 aliphatic heterocycles. The second kappa shape index (κ2) is 12.2. The molecule has 0 heterocycles. The van der Waals surface area contributed by atoms with Crippen LogP contribution in [0.15, 0.2) is 48.5 Å². The Kier molecular flexibility index (Phi) is 10.0. The summed E-state index contributed by atoms with van der Waals surface area (Å²) < 4.78 is 0. The molecule has 1 N–H and O–H groups in total. The minimum Gasteiger partial charge on any atom is -0.352 e. The molecule has 0 saturated heterocycles. The van der Waals surface area contributed by atoms with E-state index in [1.165, 1.54) is 11.8 Å². The zero-order valence-corrected chi connectivity index (χ0v) is 19.9. The van der Waals surface area contributed by atoms with Crippen LogP contribution in [-0.4, -0.2) is 34.6 Å². The highest BCUT2D eigenvalue weighted by atomic mass is 35.5. The first-order valence-electron chi connectivity index (χ1n) is 9.97. The molecule has 2 atom stereocenters. The molecule has 0 radical (unpaired) electrons. The first kappa shape index (κ1) is 24.6. The highest BCUT2D eigenvalue weighted by Gasteiger charge is 2.26. The molecule has 0 spiro atoms. The second-order valence-electron chi connectivity index (χ2n) is 7.23. The van der Waals surface area contributed by atoms with Gasteiger partial charge in [0.05, 0.1) is 5.75 Å². The fraction of sp³-hybridized carbons (Fsp3) is 0.391. The summed E-state index contributed by atoms with van der Waals surface area (Å²) in [6.45, 7) is 6.14. The van der Waals surface area contributed by atoms with Gasteiger partial charge < -0.3 is 10.2 Å². The number of carbonyl (C=O) groups is 2. The molecule has 2 unspecified atom stereocenters. The van der Waals surface area contributed by atoms with Crippen molar-refractivity contribution in [3.63, 3.8) is 0 Å². The molecule has 0 fully saturated rings. The van der Waals surface area contributed by atoms with E-state index in [2.05, 4.69) is 5.32 Å². The lowest BCUT2D eigenvalue weighted by molar-refractivity contribution is -0.138. The summed E-state index contributed by atoms with van der Waals surface area (Å²) in [5.74, 6) is 0.626. The molecule has 0 saturated carbocycles. The summed E-state index contributed by atoms with van der Waals surface area (Å²) in [6.07, 6.45) is 0.836. The van der Waals surface area contributed by atoms with Crippen LogP contribution >= 0.6 is 35.0 Å². The molecule has 162 valence electrons. The monoisotopic (exact) mass is 466 g/mol. The Morgan fingerprint density at radius 3 is 2.43 bits per heavy atom. The molecule has 30 heavy (non-hydrogen) atoms. The van der Waals surface area contributed by atoms with Gasteiger partial charge in [-0.25, -0.2) is 0 Å². The number of carbonyl (C=O) groups excluding carboxylic acids is 2. The van der Waals surface area contributed by atoms with Gasteiger partial charge in [-0.15, -0.1) is 11.8 Å². The Balaban J connectivity index is 2.06. The highest BCUT2D eigenvalue weighted by Crippen LogP contribution is 2.25. The summed E-state index contributed by atoms with van der Waals surface area (Å²) in [5, 5.41) is 4.15. The predicted molar refractivity (Wildman–Crippen MR) is 127 cm³/mol. The molecule has 0 aliphatic rings. The SMILES string of the molecule is CCC(C)NC(=O)C(C)N(Cc1ccccc1)C(=O)CSCc1ccc(Cl)cc1Cl. The molecule has 0 aliphatic carbocycles. The first-order chi connectivity index (χ1) is 14.3. The topological polar surface area (TPSA) is 49.4 Å². The number of amides is 2. The van der Waals surface area contributed by atoms with Crippen molar-refractivity contribution in [3.05, 3.63) is 69.7 Å². The van der Waals surface area contributed by atoms with Crippen LogP contribution in [0.4, 0.5) is 0 Å². The maximum absolute atomic E-state index is 13.0. The average molecular weight is 467 g/mol. The van der Waals surface area contributed by atoms with Gasteiger partial charge in [0.25, 0.3) is 0 Å². The summed E-state index contributed by atoms with van der Waals surface area (Å²) >= 11 is 13.6. The number of rotatable bonds is 10. The van der Waals surface area contributed by atoms with E-state index < -0.39 is 6.04 Å². The van der Waals surface area contributed by atoms with Crippen LogP contribution < -0.4 is 5.32 Å². The first-order valence-corrected chi connectivity index (χ1v) is 11.9. The van der Waals surface area contributed by atoms with E-state index in [1.807, 2.05) is 50.2 Å². The lowest BCUT2D eigenvalue weighted by Gasteiger charge is -2.29. The third kappa shape index (κ3) is 7.53. The normalized spacial score (nSPS) is 12.8. The molecule has 2 aromatic rings. The Morgan fingerprint density at radius 1 is 1.10 bits per heavy atom. The van der Waals surface area contributed by atoms with E-state index in [-0.39, 0.29) is 23.6 Å². The van der Waals surface area contributed by atoms with Crippen molar-refractivity contribution in [3.8, 4) is 0 Å². The molecule has 2 aromatic carbocycles. The lowest BCUT2D eigenvalue weighted by atomic mass is 10.1. The number of nitrogens with zero attached hydrogens (tertiary/aromatic N) is 1. The lowest BCUT2D eigenvalue weighted by Crippen LogP contribution is -2.50. The molecule has 2 amide bonds. The minimum absolute atomic E-state index is 0.0649. The van der Waals surface area contributed by atoms with Crippen LogP contribution in [0.25, 0.3) is 0 Å². The fourth-order valence-corrected chi connectivity index (χ4v) is 4.27. The van der Waals surface area contributed by atoms with Gasteiger partial charge in [0.1, 0.15) is 6.04 Å². The zero-order valence-electron chi connectivity index (χ0n) is 17.5. The zero-order chi connectivity index (χ0) is 22.1. The van der Waals surface area contributed by atoms with E-state index in [9.17, 15) is 9.59 Å². The van der Waals surface area contributed by atoms with Crippen molar-refractivity contribution < 1.29 is 9.59 Å². The molecular formula is C23H28Cl2N2O2S. The number of thioether (sulfide) groups is 1. The van der Waals surface area contributed by atoms with E-state index in [0.717, 1.165) is 17.5 Å². The number of hydrogen-bond acceptors (Lipinski definition) is 3. The van der Waals surface area contributed by atoms with Crippen LogP contribution in [0.1, 0.15) is 38.3 Å². The van der Waals surface area contributed by atoms with Crippen molar-refractivity contribution in [1.82, 2.24) is 10.2 Å². The number of hydrogen-bond donors (Lipinski definition) is 1. The minimum atomic E-state index is -0.563. The Bertz CT molecular complexity index is 848. The van der Waals surface area contributed by atoms with Gasteiger partial charge in [0.2, 0.25) is 11.8 Å². The third-order valence-electron chi connectivity index (χ3n) is 4.86. The van der Waals surface area contributed by atoms with Gasteiger partial charge in [0.15, 0.2) is 0 Å². The Hall–Kier alpha value is -1.69. The number of benzene rings is 2. The van der Waals surface area contributed by atoms with E-state index in [4.69, 9.17) is 23.2 Å². The smallest absolute Gasteiger partial charge is 0.242 e. The van der Waals surface area contributed by atoms with Gasteiger partial charge in [0, 0.05) is 28.4 Å². The molecule has 0 bridgehead atoms. The fourth-order valence-electron chi connectivity index (χ4n) is 2.80. The van der Waals surface area contributed by atoms with Gasteiger partial charge in [-0.1, -0.05) is 66.5 Å². The molecule has 7 heteroatoms. The van der Waals surface area contributed by atoms with E-state index >= 15 is 0 Å². The number of halogens is 2. The molecular weight excluding hydrogens is 439 g/mol. The summed E-state index contributed by atoms with van der Waals surface area (Å²) in [7, 11) is 0. The van der Waals surface area contributed by atoms with Crippen molar-refractivity contribution in [2.75, 3.05) is 5.75 Å². The predicted octanol–water partition coefficient (Wildman–Crippen LogP) is 5.56. The van der Waals surface area contributed by atoms with Crippen molar-refractivity contribution in [2.24, 2.45) is 0 Å². The van der Waals surface area contributed by atoms with Crippen LogP contribution in [0, 0.1) is 0 Å². The third-order valence-corrected chi connectivity index (χ3v) is 6.42. The van der Waals surface area contributed by atoms with E-state index in [1.54, 1.807) is 24.0 Å². The Morgan fingerprint density at radius 2 is 1.80 bits per heavy atom. The van der Waals surface area contributed by atoms with E-state index in [0.29, 0.717) is 22.3 Å². The van der Waals surface area contributed by atoms with Crippen LogP contribution in [0.3, 0.4) is 0 Å². The maximum Gasteiger partial charge on any atom is 0.242 e. The quantitative estimate of drug-likeness (QED) is 0.498. The largest absolute Gasteiger partial charge is 0.352 e. The molecule has 2 rings (SSSR count). The maximum atomic E-state index is 13.0. The van der Waals surface area contributed by atoms with Crippen LogP contribution in [0.2, 0.25) is 10.0 Å². The molecule has 0 aromatic heterocycles. The summed E-state index contributed by atoms with van der Waals surface area (Å²) in [6, 6.07) is 14.6. The Labute approximate surface area is 193 Å². The second-order valence-corrected chi connectivity index (χ2v) is 9.06. The van der Waals surface area contributed by atoms with Crippen molar-refractivity contribution in [2.45, 2.75) is 51.6 Å². The van der Waals surface area contributed by atoms with Gasteiger partial charge in [-0.05, 0) is 43.5 Å². The highest BCUT2D eigenvalue weighted by molar-refractivity contribution is 7.99. The van der Waals surface area contributed by atoms with Gasteiger partial charge >= 0.3 is 0 Å². The van der Waals surface area contributed by atoms with Gasteiger partial charge in [-0.3, -0.25) is 9.59 Å². The summed E-state index contributed by atoms with van der Waals surface area (Å²) in [5.41, 5.74) is 1.91. The van der Waals surface area contributed by atoms with Crippen LogP contribution in [-0.2, 0) is 21.9 Å². The standard InChI is InChI=1S/C23H28Cl2N2O2S/c1-4-16(2)26-23(29)17(3)27(13-18-8-6-5-7-9-18)22(28)15-30-14-19-10-11-20(24)12-21(19)25/h5-12,16-17H,4,13-15H2,1-3H3,(H,26,29).